The molecule has 0 aromatic heterocycles. The fourth-order valence-corrected chi connectivity index (χ4v) is 1.91. The SMILES string of the molecule is N/C(=N/O)c1ccc(OCC(=O)NC2CNC(=O)C2)cc1. The van der Waals surface area contributed by atoms with Gasteiger partial charge >= 0.3 is 0 Å². The molecule has 8 nitrogen and oxygen atoms in total. The Labute approximate surface area is 120 Å². The molecule has 0 saturated carbocycles. The van der Waals surface area contributed by atoms with Crippen LogP contribution in [-0.2, 0) is 9.59 Å². The maximum Gasteiger partial charge on any atom is 0.258 e. The summed E-state index contributed by atoms with van der Waals surface area (Å²) in [5.74, 6) is 0.120. The molecule has 1 aromatic carbocycles. The Morgan fingerprint density at radius 3 is 2.76 bits per heavy atom. The molecule has 112 valence electrons. The quantitative estimate of drug-likeness (QED) is 0.244. The minimum atomic E-state index is -0.294. The lowest BCUT2D eigenvalue weighted by atomic mass is 10.2. The van der Waals surface area contributed by atoms with Crippen LogP contribution in [0.15, 0.2) is 29.4 Å². The zero-order chi connectivity index (χ0) is 15.2. The predicted molar refractivity (Wildman–Crippen MR) is 74.0 cm³/mol. The second kappa shape index (κ2) is 6.60. The third kappa shape index (κ3) is 4.10. The van der Waals surface area contributed by atoms with Gasteiger partial charge in [0.2, 0.25) is 5.91 Å². The van der Waals surface area contributed by atoms with E-state index in [4.69, 9.17) is 15.7 Å². The third-order valence-electron chi connectivity index (χ3n) is 2.97. The fourth-order valence-electron chi connectivity index (χ4n) is 1.91. The largest absolute Gasteiger partial charge is 0.484 e. The van der Waals surface area contributed by atoms with Gasteiger partial charge in [-0.1, -0.05) is 5.16 Å². The number of oxime groups is 1. The monoisotopic (exact) mass is 292 g/mol. The van der Waals surface area contributed by atoms with E-state index in [2.05, 4.69) is 15.8 Å². The number of rotatable bonds is 5. The summed E-state index contributed by atoms with van der Waals surface area (Å²) in [4.78, 5) is 22.6. The molecule has 1 unspecified atom stereocenters. The van der Waals surface area contributed by atoms with E-state index in [1.165, 1.54) is 0 Å². The number of carbonyl (C=O) groups excluding carboxylic acids is 2. The molecule has 1 aromatic rings. The molecule has 2 amide bonds. The van der Waals surface area contributed by atoms with E-state index < -0.39 is 0 Å². The first-order valence-electron chi connectivity index (χ1n) is 6.35. The molecule has 1 aliphatic heterocycles. The van der Waals surface area contributed by atoms with Gasteiger partial charge in [0.1, 0.15) is 5.75 Å². The van der Waals surface area contributed by atoms with Crippen molar-refractivity contribution in [1.29, 1.82) is 0 Å². The summed E-state index contributed by atoms with van der Waals surface area (Å²) in [6.07, 6.45) is 0.292. The molecule has 1 fully saturated rings. The van der Waals surface area contributed by atoms with Crippen LogP contribution in [0.1, 0.15) is 12.0 Å². The van der Waals surface area contributed by atoms with E-state index in [1.54, 1.807) is 24.3 Å². The van der Waals surface area contributed by atoms with Crippen molar-refractivity contribution in [3.8, 4) is 5.75 Å². The topological polar surface area (TPSA) is 126 Å². The van der Waals surface area contributed by atoms with Crippen molar-refractivity contribution in [2.75, 3.05) is 13.2 Å². The number of ether oxygens (including phenoxy) is 1. The molecule has 21 heavy (non-hydrogen) atoms. The molecule has 0 spiro atoms. The number of amidine groups is 1. The van der Waals surface area contributed by atoms with Crippen LogP contribution in [0.3, 0.4) is 0 Å². The number of amides is 2. The summed E-state index contributed by atoms with van der Waals surface area (Å²) < 4.78 is 5.31. The van der Waals surface area contributed by atoms with E-state index in [0.717, 1.165) is 0 Å². The van der Waals surface area contributed by atoms with Crippen LogP contribution in [0.25, 0.3) is 0 Å². The molecule has 1 saturated heterocycles. The molecule has 5 N–H and O–H groups in total. The first kappa shape index (κ1) is 14.6. The van der Waals surface area contributed by atoms with Crippen LogP contribution in [0, 0.1) is 0 Å². The smallest absolute Gasteiger partial charge is 0.258 e. The molecular weight excluding hydrogens is 276 g/mol. The molecule has 0 aliphatic carbocycles. The molecule has 1 atom stereocenters. The standard InChI is InChI=1S/C13H16N4O4/c14-13(17-20)8-1-3-10(4-2-8)21-7-12(19)16-9-5-11(18)15-6-9/h1-4,9,20H,5-7H2,(H2,14,17)(H,15,18)(H,16,19). The van der Waals surface area contributed by atoms with Gasteiger partial charge in [0.05, 0.1) is 6.04 Å². The number of nitrogens with one attached hydrogen (secondary N) is 2. The van der Waals surface area contributed by atoms with Gasteiger partial charge in [0, 0.05) is 18.5 Å². The average Bonchev–Trinajstić information content (AvgIpc) is 2.90. The van der Waals surface area contributed by atoms with Crippen molar-refractivity contribution in [1.82, 2.24) is 10.6 Å². The van der Waals surface area contributed by atoms with E-state index in [1.807, 2.05) is 0 Å². The zero-order valence-corrected chi connectivity index (χ0v) is 11.2. The second-order valence-electron chi connectivity index (χ2n) is 4.57. The van der Waals surface area contributed by atoms with Crippen molar-refractivity contribution in [2.45, 2.75) is 12.5 Å². The Balaban J connectivity index is 1.80. The summed E-state index contributed by atoms with van der Waals surface area (Å²) in [7, 11) is 0. The average molecular weight is 292 g/mol. The molecule has 2 rings (SSSR count). The minimum Gasteiger partial charge on any atom is -0.484 e. The Morgan fingerprint density at radius 2 is 2.19 bits per heavy atom. The van der Waals surface area contributed by atoms with E-state index in [9.17, 15) is 9.59 Å². The minimum absolute atomic E-state index is 0.00214. The highest BCUT2D eigenvalue weighted by Crippen LogP contribution is 2.12. The number of hydrogen-bond acceptors (Lipinski definition) is 5. The molecule has 1 aliphatic rings. The Hall–Kier alpha value is -2.77. The fraction of sp³-hybridized carbons (Fsp3) is 0.308. The van der Waals surface area contributed by atoms with Gasteiger partial charge < -0.3 is 26.3 Å². The van der Waals surface area contributed by atoms with Gasteiger partial charge in [0.25, 0.3) is 5.91 Å². The van der Waals surface area contributed by atoms with E-state index in [0.29, 0.717) is 24.3 Å². The number of nitrogens with zero attached hydrogens (tertiary/aromatic N) is 1. The molecule has 1 heterocycles. The summed E-state index contributed by atoms with van der Waals surface area (Å²) >= 11 is 0. The zero-order valence-electron chi connectivity index (χ0n) is 11.2. The van der Waals surface area contributed by atoms with Gasteiger partial charge in [-0.15, -0.1) is 0 Å². The molecule has 0 radical (unpaired) electrons. The third-order valence-corrected chi connectivity index (χ3v) is 2.97. The molecule has 0 bridgehead atoms. The summed E-state index contributed by atoms with van der Waals surface area (Å²) in [6, 6.07) is 6.27. The summed E-state index contributed by atoms with van der Waals surface area (Å²) in [5.41, 5.74) is 5.98. The summed E-state index contributed by atoms with van der Waals surface area (Å²) in [6.45, 7) is 0.298. The normalized spacial score (nSPS) is 18.2. The van der Waals surface area contributed by atoms with Crippen molar-refractivity contribution in [2.24, 2.45) is 10.9 Å². The number of nitrogens with two attached hydrogens (primary N) is 1. The highest BCUT2D eigenvalue weighted by molar-refractivity contribution is 5.97. The van der Waals surface area contributed by atoms with Crippen LogP contribution in [0.2, 0.25) is 0 Å². The number of hydrogen-bond donors (Lipinski definition) is 4. The second-order valence-corrected chi connectivity index (χ2v) is 4.57. The van der Waals surface area contributed by atoms with E-state index >= 15 is 0 Å². The van der Waals surface area contributed by atoms with Crippen LogP contribution in [0.5, 0.6) is 5.75 Å². The van der Waals surface area contributed by atoms with Crippen molar-refractivity contribution in [3.05, 3.63) is 29.8 Å². The van der Waals surface area contributed by atoms with Crippen LogP contribution >= 0.6 is 0 Å². The molecule has 8 heteroatoms. The van der Waals surface area contributed by atoms with Crippen LogP contribution < -0.4 is 21.1 Å². The predicted octanol–water partition coefficient (Wildman–Crippen LogP) is -0.835. The molecular formula is C13H16N4O4. The van der Waals surface area contributed by atoms with Crippen LogP contribution in [-0.4, -0.2) is 42.1 Å². The maximum atomic E-state index is 11.7. The van der Waals surface area contributed by atoms with Crippen LogP contribution in [0.4, 0.5) is 0 Å². The Morgan fingerprint density at radius 1 is 1.48 bits per heavy atom. The maximum absolute atomic E-state index is 11.7. The summed E-state index contributed by atoms with van der Waals surface area (Å²) in [5, 5.41) is 16.8. The van der Waals surface area contributed by atoms with Crippen molar-refractivity contribution in [3.63, 3.8) is 0 Å². The lowest BCUT2D eigenvalue weighted by molar-refractivity contribution is -0.123. The number of benzene rings is 1. The lowest BCUT2D eigenvalue weighted by Crippen LogP contribution is -2.39. The van der Waals surface area contributed by atoms with Crippen molar-refractivity contribution >= 4 is 17.6 Å². The Kier molecular flexibility index (Phi) is 4.60. The first-order valence-corrected chi connectivity index (χ1v) is 6.35. The van der Waals surface area contributed by atoms with Gasteiger partial charge in [-0.2, -0.15) is 0 Å². The lowest BCUT2D eigenvalue weighted by Gasteiger charge is -2.11. The van der Waals surface area contributed by atoms with Gasteiger partial charge in [0.15, 0.2) is 12.4 Å². The highest BCUT2D eigenvalue weighted by Gasteiger charge is 2.22. The van der Waals surface area contributed by atoms with Gasteiger partial charge in [-0.25, -0.2) is 0 Å². The van der Waals surface area contributed by atoms with E-state index in [-0.39, 0.29) is 30.3 Å². The first-order chi connectivity index (χ1) is 10.1. The Bertz CT molecular complexity index is 556. The highest BCUT2D eigenvalue weighted by atomic mass is 16.5. The van der Waals surface area contributed by atoms with Gasteiger partial charge in [-0.3, -0.25) is 9.59 Å². The van der Waals surface area contributed by atoms with Crippen molar-refractivity contribution < 1.29 is 19.5 Å². The number of carbonyl (C=O) groups is 2. The van der Waals surface area contributed by atoms with Gasteiger partial charge in [-0.05, 0) is 24.3 Å².